The Morgan fingerprint density at radius 1 is 1.21 bits per heavy atom. The number of hydrogen-bond donors (Lipinski definition) is 1. The zero-order chi connectivity index (χ0) is 18.1. The molecule has 2 heterocycles. The van der Waals surface area contributed by atoms with Crippen LogP contribution in [-0.4, -0.2) is 71.7 Å². The Kier molecular flexibility index (Phi) is 4.73. The number of carbonyl (C=O) groups is 4. The minimum atomic E-state index is -1.07. The number of urea groups is 1. The highest BCUT2D eigenvalue weighted by Gasteiger charge is 2.53. The van der Waals surface area contributed by atoms with E-state index in [1.165, 1.54) is 12.0 Å². The molecule has 0 unspecified atom stereocenters. The van der Waals surface area contributed by atoms with Crippen LogP contribution in [0.3, 0.4) is 0 Å². The molecule has 0 radical (unpaired) electrons. The zero-order valence-corrected chi connectivity index (χ0v) is 14.4. The van der Waals surface area contributed by atoms with Gasteiger partial charge in [0, 0.05) is 13.1 Å². The summed E-state index contributed by atoms with van der Waals surface area (Å²) in [7, 11) is 1.19. The number of rotatable bonds is 2. The predicted octanol–water partition coefficient (Wildman–Crippen LogP) is 0.481. The molecule has 24 heavy (non-hydrogen) atoms. The van der Waals surface area contributed by atoms with Gasteiger partial charge in [0.15, 0.2) is 0 Å². The van der Waals surface area contributed by atoms with Crippen LogP contribution in [0.25, 0.3) is 0 Å². The lowest BCUT2D eigenvalue weighted by Crippen LogP contribution is -2.56. The van der Waals surface area contributed by atoms with E-state index in [0.29, 0.717) is 0 Å². The first-order valence-electron chi connectivity index (χ1n) is 7.77. The van der Waals surface area contributed by atoms with Crippen LogP contribution in [0.2, 0.25) is 0 Å². The Bertz CT molecular complexity index is 560. The van der Waals surface area contributed by atoms with E-state index in [1.54, 1.807) is 20.8 Å². The fourth-order valence-corrected chi connectivity index (χ4v) is 2.75. The summed E-state index contributed by atoms with van der Waals surface area (Å²) in [6.07, 6.45) is 0.101. The molecule has 134 valence electrons. The second-order valence-corrected chi connectivity index (χ2v) is 6.95. The molecular weight excluding hydrogens is 318 g/mol. The normalized spacial score (nSPS) is 20.2. The van der Waals surface area contributed by atoms with Gasteiger partial charge in [-0.05, 0) is 33.6 Å². The molecule has 2 aliphatic rings. The van der Waals surface area contributed by atoms with Gasteiger partial charge >= 0.3 is 18.1 Å². The Morgan fingerprint density at radius 2 is 1.79 bits per heavy atom. The molecule has 0 atom stereocenters. The van der Waals surface area contributed by atoms with Crippen LogP contribution in [0.1, 0.15) is 33.6 Å². The van der Waals surface area contributed by atoms with Crippen molar-refractivity contribution in [2.45, 2.75) is 44.8 Å². The molecule has 2 fully saturated rings. The highest BCUT2D eigenvalue weighted by atomic mass is 16.6. The molecule has 1 spiro atoms. The monoisotopic (exact) mass is 341 g/mol. The summed E-state index contributed by atoms with van der Waals surface area (Å²) in [6.45, 7) is 5.49. The number of hydrogen-bond acceptors (Lipinski definition) is 6. The molecule has 0 aromatic rings. The highest BCUT2D eigenvalue weighted by molar-refractivity contribution is 6.08. The number of likely N-dealkylation sites (tertiary alicyclic amines) is 1. The van der Waals surface area contributed by atoms with Gasteiger partial charge in [-0.3, -0.25) is 14.5 Å². The van der Waals surface area contributed by atoms with Crippen molar-refractivity contribution in [1.29, 1.82) is 0 Å². The maximum atomic E-state index is 12.5. The van der Waals surface area contributed by atoms with Crippen molar-refractivity contribution in [2.24, 2.45) is 0 Å². The second-order valence-electron chi connectivity index (χ2n) is 6.95. The van der Waals surface area contributed by atoms with Crippen molar-refractivity contribution < 1.29 is 28.7 Å². The van der Waals surface area contributed by atoms with E-state index in [4.69, 9.17) is 4.74 Å². The van der Waals surface area contributed by atoms with Crippen LogP contribution in [0.5, 0.6) is 0 Å². The van der Waals surface area contributed by atoms with Gasteiger partial charge in [0.2, 0.25) is 0 Å². The van der Waals surface area contributed by atoms with Gasteiger partial charge in [0.1, 0.15) is 17.7 Å². The molecule has 0 saturated carbocycles. The second kappa shape index (κ2) is 6.29. The fourth-order valence-electron chi connectivity index (χ4n) is 2.75. The molecule has 9 heteroatoms. The SMILES string of the molecule is COC(=O)CN1C(=O)NC2(CCN(C(=O)OC(C)(C)C)CC2)C1=O. The van der Waals surface area contributed by atoms with E-state index in [1.807, 2.05) is 0 Å². The molecule has 9 nitrogen and oxygen atoms in total. The first-order chi connectivity index (χ1) is 11.1. The van der Waals surface area contributed by atoms with Crippen molar-refractivity contribution in [3.05, 3.63) is 0 Å². The molecule has 0 aromatic heterocycles. The largest absolute Gasteiger partial charge is 0.468 e. The number of ether oxygens (including phenoxy) is 2. The van der Waals surface area contributed by atoms with Crippen molar-refractivity contribution in [3.8, 4) is 0 Å². The van der Waals surface area contributed by atoms with Crippen LogP contribution >= 0.6 is 0 Å². The van der Waals surface area contributed by atoms with E-state index in [9.17, 15) is 19.2 Å². The maximum absolute atomic E-state index is 12.5. The molecular formula is C15H23N3O6. The summed E-state index contributed by atoms with van der Waals surface area (Å²) in [4.78, 5) is 50.3. The van der Waals surface area contributed by atoms with Gasteiger partial charge in [0.25, 0.3) is 5.91 Å². The van der Waals surface area contributed by atoms with Gasteiger partial charge in [-0.2, -0.15) is 0 Å². The summed E-state index contributed by atoms with van der Waals surface area (Å²) in [5.74, 6) is -1.12. The molecule has 0 bridgehead atoms. The number of nitrogens with one attached hydrogen (secondary N) is 1. The van der Waals surface area contributed by atoms with Crippen molar-refractivity contribution in [2.75, 3.05) is 26.7 Å². The van der Waals surface area contributed by atoms with Crippen molar-refractivity contribution in [3.63, 3.8) is 0 Å². The third-order valence-electron chi connectivity index (χ3n) is 4.03. The number of methoxy groups -OCH3 is 1. The molecule has 1 N–H and O–H groups in total. The van der Waals surface area contributed by atoms with E-state index >= 15 is 0 Å². The van der Waals surface area contributed by atoms with Crippen molar-refractivity contribution in [1.82, 2.24) is 15.1 Å². The van der Waals surface area contributed by atoms with E-state index in [-0.39, 0.29) is 25.9 Å². The summed E-state index contributed by atoms with van der Waals surface area (Å²) in [6, 6.07) is -0.615. The maximum Gasteiger partial charge on any atom is 0.410 e. The lowest BCUT2D eigenvalue weighted by molar-refractivity contribution is -0.145. The van der Waals surface area contributed by atoms with Gasteiger partial charge in [-0.1, -0.05) is 0 Å². The number of piperidine rings is 1. The van der Waals surface area contributed by atoms with Crippen LogP contribution in [-0.2, 0) is 19.1 Å². The number of nitrogens with zero attached hydrogens (tertiary/aromatic N) is 2. The van der Waals surface area contributed by atoms with Gasteiger partial charge in [0.05, 0.1) is 7.11 Å². The molecule has 0 aromatic carbocycles. The molecule has 2 rings (SSSR count). The summed E-state index contributed by atoms with van der Waals surface area (Å²) < 4.78 is 9.80. The Balaban J connectivity index is 2.00. The lowest BCUT2D eigenvalue weighted by Gasteiger charge is -2.37. The number of amides is 4. The molecule has 0 aliphatic carbocycles. The Hall–Kier alpha value is -2.32. The van der Waals surface area contributed by atoms with E-state index in [0.717, 1.165) is 4.90 Å². The first-order valence-corrected chi connectivity index (χ1v) is 7.77. The van der Waals surface area contributed by atoms with Crippen LogP contribution in [0, 0.1) is 0 Å². The number of esters is 1. The third-order valence-corrected chi connectivity index (χ3v) is 4.03. The van der Waals surface area contributed by atoms with E-state index in [2.05, 4.69) is 10.1 Å². The topological polar surface area (TPSA) is 105 Å². The first kappa shape index (κ1) is 18.0. The van der Waals surface area contributed by atoms with Crippen molar-refractivity contribution >= 4 is 24.0 Å². The molecule has 2 aliphatic heterocycles. The smallest absolute Gasteiger partial charge is 0.410 e. The minimum Gasteiger partial charge on any atom is -0.468 e. The Morgan fingerprint density at radius 3 is 2.29 bits per heavy atom. The third kappa shape index (κ3) is 3.60. The average molecular weight is 341 g/mol. The van der Waals surface area contributed by atoms with Gasteiger partial charge in [-0.15, -0.1) is 0 Å². The van der Waals surface area contributed by atoms with E-state index < -0.39 is 41.7 Å². The summed E-state index contributed by atoms with van der Waals surface area (Å²) in [5, 5.41) is 2.66. The lowest BCUT2D eigenvalue weighted by atomic mass is 9.87. The number of imide groups is 1. The predicted molar refractivity (Wildman–Crippen MR) is 82.0 cm³/mol. The van der Waals surface area contributed by atoms with Gasteiger partial charge in [-0.25, -0.2) is 9.59 Å². The highest BCUT2D eigenvalue weighted by Crippen LogP contribution is 2.30. The van der Waals surface area contributed by atoms with Crippen LogP contribution in [0.15, 0.2) is 0 Å². The van der Waals surface area contributed by atoms with Gasteiger partial charge < -0.3 is 19.7 Å². The zero-order valence-electron chi connectivity index (χ0n) is 14.4. The average Bonchev–Trinajstić information content (AvgIpc) is 2.70. The molecule has 2 saturated heterocycles. The number of carbonyl (C=O) groups excluding carboxylic acids is 4. The summed E-state index contributed by atoms with van der Waals surface area (Å²) in [5.41, 5.74) is -1.66. The molecule has 4 amide bonds. The van der Waals surface area contributed by atoms with Crippen LogP contribution < -0.4 is 5.32 Å². The van der Waals surface area contributed by atoms with Crippen LogP contribution in [0.4, 0.5) is 9.59 Å². The summed E-state index contributed by atoms with van der Waals surface area (Å²) >= 11 is 0. The fraction of sp³-hybridized carbons (Fsp3) is 0.733. The quantitative estimate of drug-likeness (QED) is 0.578. The standard InChI is InChI=1S/C15H23N3O6/c1-14(2,3)24-13(22)17-7-5-15(6-8-17)11(20)18(12(21)16-15)9-10(19)23-4/h5-9H2,1-4H3,(H,16,21). The minimum absolute atomic E-state index is 0.272. The Labute approximate surface area is 140 Å².